The lowest BCUT2D eigenvalue weighted by Crippen LogP contribution is -2.45. The summed E-state index contributed by atoms with van der Waals surface area (Å²) in [5.74, 6) is 0. The summed E-state index contributed by atoms with van der Waals surface area (Å²) < 4.78 is 5.46. The van der Waals surface area contributed by atoms with E-state index in [4.69, 9.17) is 4.74 Å². The Morgan fingerprint density at radius 1 is 1.21 bits per heavy atom. The van der Waals surface area contributed by atoms with Gasteiger partial charge in [0.2, 0.25) is 0 Å². The van der Waals surface area contributed by atoms with E-state index in [1.54, 1.807) is 0 Å². The van der Waals surface area contributed by atoms with Gasteiger partial charge >= 0.3 is 0 Å². The largest absolute Gasteiger partial charge is 0.392 e. The van der Waals surface area contributed by atoms with Gasteiger partial charge in [0.1, 0.15) is 0 Å². The summed E-state index contributed by atoms with van der Waals surface area (Å²) >= 11 is 0. The van der Waals surface area contributed by atoms with E-state index in [0.29, 0.717) is 13.2 Å². The number of rotatable bonds is 10. The molecule has 0 heterocycles. The van der Waals surface area contributed by atoms with E-state index in [2.05, 4.69) is 12.2 Å². The van der Waals surface area contributed by atoms with E-state index >= 15 is 0 Å². The molecule has 0 amide bonds. The Bertz CT molecular complexity index is 214. The Balaban J connectivity index is 1.96. The van der Waals surface area contributed by atoms with Crippen LogP contribution in [0.15, 0.2) is 0 Å². The average molecular weight is 273 g/mol. The van der Waals surface area contributed by atoms with E-state index in [1.807, 2.05) is 0 Å². The van der Waals surface area contributed by atoms with E-state index < -0.39 is 6.10 Å². The molecule has 0 bridgehead atoms. The maximum atomic E-state index is 9.80. The third-order valence-corrected chi connectivity index (χ3v) is 3.80. The van der Waals surface area contributed by atoms with Crippen molar-refractivity contribution in [2.75, 3.05) is 19.8 Å². The number of aliphatic hydroxyl groups excluding tert-OH is 2. The highest BCUT2D eigenvalue weighted by Crippen LogP contribution is 2.18. The van der Waals surface area contributed by atoms with Crippen LogP contribution in [0.4, 0.5) is 0 Å². The van der Waals surface area contributed by atoms with Crippen LogP contribution < -0.4 is 5.32 Å². The van der Waals surface area contributed by atoms with Crippen molar-refractivity contribution in [3.8, 4) is 0 Å². The van der Waals surface area contributed by atoms with Gasteiger partial charge in [0.15, 0.2) is 0 Å². The number of nitrogens with one attached hydrogen (secondary N) is 1. The van der Waals surface area contributed by atoms with Gasteiger partial charge in [-0.15, -0.1) is 0 Å². The number of ether oxygens (including phenoxy) is 1. The second-order valence-electron chi connectivity index (χ2n) is 5.66. The van der Waals surface area contributed by atoms with Gasteiger partial charge < -0.3 is 20.3 Å². The van der Waals surface area contributed by atoms with Gasteiger partial charge in [-0.2, -0.15) is 0 Å². The highest BCUT2D eigenvalue weighted by Gasteiger charge is 2.22. The quantitative estimate of drug-likeness (QED) is 0.532. The normalized spacial score (nSPS) is 25.4. The summed E-state index contributed by atoms with van der Waals surface area (Å²) in [6.07, 6.45) is 8.21. The van der Waals surface area contributed by atoms with Crippen LogP contribution in [0.3, 0.4) is 0 Å². The van der Waals surface area contributed by atoms with Gasteiger partial charge in [-0.3, -0.25) is 0 Å². The molecule has 3 unspecified atom stereocenters. The molecular weight excluding hydrogens is 242 g/mol. The van der Waals surface area contributed by atoms with Crippen molar-refractivity contribution in [2.24, 2.45) is 0 Å². The van der Waals surface area contributed by atoms with Crippen LogP contribution in [0.25, 0.3) is 0 Å². The molecule has 1 rings (SSSR count). The summed E-state index contributed by atoms with van der Waals surface area (Å²) in [5, 5.41) is 22.9. The molecule has 0 spiro atoms. The Morgan fingerprint density at radius 3 is 2.74 bits per heavy atom. The monoisotopic (exact) mass is 273 g/mol. The number of hydrogen-bond acceptors (Lipinski definition) is 4. The third-order valence-electron chi connectivity index (χ3n) is 3.80. The Kier molecular flexibility index (Phi) is 9.43. The molecule has 19 heavy (non-hydrogen) atoms. The van der Waals surface area contributed by atoms with Crippen LogP contribution in [0.2, 0.25) is 0 Å². The summed E-state index contributed by atoms with van der Waals surface area (Å²) in [7, 11) is 0. The maximum Gasteiger partial charge on any atom is 0.0897 e. The lowest BCUT2D eigenvalue weighted by molar-refractivity contribution is 0.0264. The van der Waals surface area contributed by atoms with Gasteiger partial charge in [0.05, 0.1) is 18.8 Å². The van der Waals surface area contributed by atoms with E-state index in [1.165, 1.54) is 25.7 Å². The summed E-state index contributed by atoms with van der Waals surface area (Å²) in [4.78, 5) is 0. The van der Waals surface area contributed by atoms with Crippen molar-refractivity contribution in [2.45, 2.75) is 76.5 Å². The standard InChI is InChI=1S/C15H31NO3/c1-2-3-4-7-10-19-12-13(17)11-16-14-8-5-6-9-15(14)18/h13-18H,2-12H2,1H3. The van der Waals surface area contributed by atoms with Gasteiger partial charge in [-0.25, -0.2) is 0 Å². The second kappa shape index (κ2) is 10.6. The predicted molar refractivity (Wildman–Crippen MR) is 77.2 cm³/mol. The molecule has 0 radical (unpaired) electrons. The number of unbranched alkanes of at least 4 members (excludes halogenated alkanes) is 3. The Hall–Kier alpha value is -0.160. The first-order valence-corrected chi connectivity index (χ1v) is 7.91. The fraction of sp³-hybridized carbons (Fsp3) is 1.00. The summed E-state index contributed by atoms with van der Waals surface area (Å²) in [5.41, 5.74) is 0. The average Bonchev–Trinajstić information content (AvgIpc) is 2.42. The summed E-state index contributed by atoms with van der Waals surface area (Å²) in [6, 6.07) is 0.146. The lowest BCUT2D eigenvalue weighted by Gasteiger charge is -2.29. The molecule has 1 aliphatic rings. The fourth-order valence-corrected chi connectivity index (χ4v) is 2.55. The zero-order valence-electron chi connectivity index (χ0n) is 12.3. The number of aliphatic hydroxyl groups is 2. The van der Waals surface area contributed by atoms with Crippen molar-refractivity contribution < 1.29 is 14.9 Å². The van der Waals surface area contributed by atoms with Crippen LogP contribution in [-0.4, -0.2) is 48.2 Å². The molecule has 0 aromatic rings. The first-order chi connectivity index (χ1) is 9.24. The van der Waals surface area contributed by atoms with Gasteiger partial charge in [-0.1, -0.05) is 39.0 Å². The van der Waals surface area contributed by atoms with Crippen LogP contribution in [0, 0.1) is 0 Å². The van der Waals surface area contributed by atoms with E-state index in [-0.39, 0.29) is 12.1 Å². The molecule has 3 N–H and O–H groups in total. The molecule has 3 atom stereocenters. The first-order valence-electron chi connectivity index (χ1n) is 7.91. The Labute approximate surface area is 117 Å². The van der Waals surface area contributed by atoms with Gasteiger partial charge in [-0.05, 0) is 19.3 Å². The first kappa shape index (κ1) is 16.9. The second-order valence-corrected chi connectivity index (χ2v) is 5.66. The van der Waals surface area contributed by atoms with E-state index in [0.717, 1.165) is 32.3 Å². The molecule has 4 nitrogen and oxygen atoms in total. The van der Waals surface area contributed by atoms with Crippen molar-refractivity contribution in [3.05, 3.63) is 0 Å². The molecule has 4 heteroatoms. The van der Waals surface area contributed by atoms with Crippen molar-refractivity contribution in [1.29, 1.82) is 0 Å². The summed E-state index contributed by atoms with van der Waals surface area (Å²) in [6.45, 7) is 3.83. The predicted octanol–water partition coefficient (Wildman–Crippen LogP) is 1.84. The van der Waals surface area contributed by atoms with Crippen LogP contribution in [0.1, 0.15) is 58.3 Å². The minimum Gasteiger partial charge on any atom is -0.392 e. The smallest absolute Gasteiger partial charge is 0.0897 e. The van der Waals surface area contributed by atoms with Crippen molar-refractivity contribution in [1.82, 2.24) is 5.32 Å². The lowest BCUT2D eigenvalue weighted by atomic mass is 9.92. The molecule has 1 fully saturated rings. The molecule has 0 aromatic carbocycles. The molecule has 1 saturated carbocycles. The molecule has 0 aromatic heterocycles. The number of hydrogen-bond donors (Lipinski definition) is 3. The molecule has 114 valence electrons. The fourth-order valence-electron chi connectivity index (χ4n) is 2.55. The van der Waals surface area contributed by atoms with Gasteiger partial charge in [0.25, 0.3) is 0 Å². The van der Waals surface area contributed by atoms with Crippen molar-refractivity contribution in [3.63, 3.8) is 0 Å². The highest BCUT2D eigenvalue weighted by molar-refractivity contribution is 4.81. The Morgan fingerprint density at radius 2 is 2.00 bits per heavy atom. The minimum absolute atomic E-state index is 0.146. The van der Waals surface area contributed by atoms with E-state index in [9.17, 15) is 10.2 Å². The minimum atomic E-state index is -0.472. The molecule has 0 aliphatic heterocycles. The molecule has 0 saturated heterocycles. The van der Waals surface area contributed by atoms with Crippen LogP contribution in [0.5, 0.6) is 0 Å². The van der Waals surface area contributed by atoms with Crippen LogP contribution in [-0.2, 0) is 4.74 Å². The highest BCUT2D eigenvalue weighted by atomic mass is 16.5. The molecular formula is C15H31NO3. The zero-order valence-corrected chi connectivity index (χ0v) is 12.3. The van der Waals surface area contributed by atoms with Gasteiger partial charge in [0, 0.05) is 19.2 Å². The van der Waals surface area contributed by atoms with Crippen molar-refractivity contribution >= 4 is 0 Å². The zero-order chi connectivity index (χ0) is 13.9. The maximum absolute atomic E-state index is 9.80. The van der Waals surface area contributed by atoms with Crippen LogP contribution >= 0.6 is 0 Å². The topological polar surface area (TPSA) is 61.7 Å². The molecule has 1 aliphatic carbocycles. The SMILES string of the molecule is CCCCCCOCC(O)CNC1CCCCC1O. The third kappa shape index (κ3) is 7.88.